The Labute approximate surface area is 118 Å². The highest BCUT2D eigenvalue weighted by Gasteiger charge is 2.25. The van der Waals surface area contributed by atoms with E-state index >= 15 is 0 Å². The molecule has 0 saturated heterocycles. The van der Waals surface area contributed by atoms with Crippen molar-refractivity contribution in [2.75, 3.05) is 0 Å². The van der Waals surface area contributed by atoms with Gasteiger partial charge in [0.2, 0.25) is 0 Å². The van der Waals surface area contributed by atoms with Gasteiger partial charge in [-0.05, 0) is 48.9 Å². The Morgan fingerprint density at radius 1 is 1.00 bits per heavy atom. The van der Waals surface area contributed by atoms with Crippen LogP contribution >= 0.6 is 15.9 Å². The van der Waals surface area contributed by atoms with Crippen molar-refractivity contribution in [2.45, 2.75) is 63.5 Å². The number of halogens is 1. The average molecular weight is 308 g/mol. The van der Waals surface area contributed by atoms with E-state index in [9.17, 15) is 0 Å². The molecule has 0 aliphatic heterocycles. The van der Waals surface area contributed by atoms with Crippen LogP contribution in [0.25, 0.3) is 0 Å². The molecule has 1 aromatic carbocycles. The highest BCUT2D eigenvalue weighted by Crippen LogP contribution is 2.34. The second-order valence-corrected chi connectivity index (χ2v) is 6.71. The van der Waals surface area contributed by atoms with Gasteiger partial charge in [-0.2, -0.15) is 0 Å². The molecule has 98 valence electrons. The SMILES string of the molecule is Brc1ccc2c(c1)C(NC1CCCCCC1)CC2. The second-order valence-electron chi connectivity index (χ2n) is 5.79. The minimum atomic E-state index is 0.598. The number of hydrogen-bond acceptors (Lipinski definition) is 1. The van der Waals surface area contributed by atoms with Gasteiger partial charge in [0.25, 0.3) is 0 Å². The predicted octanol–water partition coefficient (Wildman–Crippen LogP) is 4.75. The van der Waals surface area contributed by atoms with E-state index in [0.29, 0.717) is 6.04 Å². The maximum atomic E-state index is 3.92. The third kappa shape index (κ3) is 2.80. The number of fused-ring (bicyclic) bond motifs is 1. The van der Waals surface area contributed by atoms with Crippen molar-refractivity contribution in [1.82, 2.24) is 5.32 Å². The largest absolute Gasteiger partial charge is 0.307 e. The standard InChI is InChI=1S/C16H22BrN/c17-13-9-7-12-8-10-16(15(12)11-13)18-14-5-3-1-2-4-6-14/h7,9,11,14,16,18H,1-6,8,10H2. The molecular formula is C16H22BrN. The van der Waals surface area contributed by atoms with E-state index in [2.05, 4.69) is 39.4 Å². The third-order valence-corrected chi connectivity index (χ3v) is 4.97. The summed E-state index contributed by atoms with van der Waals surface area (Å²) in [5, 5.41) is 3.92. The summed E-state index contributed by atoms with van der Waals surface area (Å²) in [5.74, 6) is 0. The molecule has 18 heavy (non-hydrogen) atoms. The van der Waals surface area contributed by atoms with Gasteiger partial charge in [-0.15, -0.1) is 0 Å². The lowest BCUT2D eigenvalue weighted by Crippen LogP contribution is -2.31. The van der Waals surface area contributed by atoms with Gasteiger partial charge < -0.3 is 5.32 Å². The first-order chi connectivity index (χ1) is 8.83. The first-order valence-corrected chi connectivity index (χ1v) is 8.16. The lowest BCUT2D eigenvalue weighted by molar-refractivity contribution is 0.397. The van der Waals surface area contributed by atoms with Gasteiger partial charge in [0.15, 0.2) is 0 Å². The quantitative estimate of drug-likeness (QED) is 0.778. The summed E-state index contributed by atoms with van der Waals surface area (Å²) in [4.78, 5) is 0. The topological polar surface area (TPSA) is 12.0 Å². The maximum absolute atomic E-state index is 3.92. The van der Waals surface area contributed by atoms with Gasteiger partial charge in [0.05, 0.1) is 0 Å². The van der Waals surface area contributed by atoms with Crippen LogP contribution in [0, 0.1) is 0 Å². The van der Waals surface area contributed by atoms with Crippen molar-refractivity contribution in [3.8, 4) is 0 Å². The van der Waals surface area contributed by atoms with Crippen molar-refractivity contribution >= 4 is 15.9 Å². The smallest absolute Gasteiger partial charge is 0.0328 e. The van der Waals surface area contributed by atoms with Gasteiger partial charge >= 0.3 is 0 Å². The molecule has 0 bridgehead atoms. The van der Waals surface area contributed by atoms with Crippen LogP contribution in [0.1, 0.15) is 62.1 Å². The van der Waals surface area contributed by atoms with Crippen molar-refractivity contribution < 1.29 is 0 Å². The molecule has 1 fully saturated rings. The summed E-state index contributed by atoms with van der Waals surface area (Å²) >= 11 is 3.60. The summed E-state index contributed by atoms with van der Waals surface area (Å²) in [6, 6.07) is 8.13. The van der Waals surface area contributed by atoms with Crippen molar-refractivity contribution in [2.24, 2.45) is 0 Å². The molecule has 1 unspecified atom stereocenters. The minimum absolute atomic E-state index is 0.598. The first kappa shape index (κ1) is 12.7. The van der Waals surface area contributed by atoms with Crippen LogP contribution in [0.15, 0.2) is 22.7 Å². The summed E-state index contributed by atoms with van der Waals surface area (Å²) in [6.45, 7) is 0. The Morgan fingerprint density at radius 3 is 2.56 bits per heavy atom. The van der Waals surface area contributed by atoms with E-state index in [1.807, 2.05) is 0 Å². The zero-order valence-corrected chi connectivity index (χ0v) is 12.5. The van der Waals surface area contributed by atoms with Crippen molar-refractivity contribution in [1.29, 1.82) is 0 Å². The minimum Gasteiger partial charge on any atom is -0.307 e. The zero-order valence-electron chi connectivity index (χ0n) is 10.9. The van der Waals surface area contributed by atoms with Gasteiger partial charge in [-0.1, -0.05) is 47.7 Å². The molecule has 1 saturated carbocycles. The fraction of sp³-hybridized carbons (Fsp3) is 0.625. The lowest BCUT2D eigenvalue weighted by atomic mass is 10.0. The van der Waals surface area contributed by atoms with Crippen LogP contribution in [0.3, 0.4) is 0 Å². The Morgan fingerprint density at radius 2 is 1.78 bits per heavy atom. The molecule has 2 aliphatic carbocycles. The summed E-state index contributed by atoms with van der Waals surface area (Å²) < 4.78 is 1.22. The van der Waals surface area contributed by atoms with Gasteiger partial charge in [-0.3, -0.25) is 0 Å². The monoisotopic (exact) mass is 307 g/mol. The van der Waals surface area contributed by atoms with Crippen LogP contribution in [0.4, 0.5) is 0 Å². The summed E-state index contributed by atoms with van der Waals surface area (Å²) in [5.41, 5.74) is 3.08. The van der Waals surface area contributed by atoms with Gasteiger partial charge in [0.1, 0.15) is 0 Å². The molecule has 1 N–H and O–H groups in total. The van der Waals surface area contributed by atoms with Crippen molar-refractivity contribution in [3.63, 3.8) is 0 Å². The Balaban J connectivity index is 1.69. The van der Waals surface area contributed by atoms with E-state index in [4.69, 9.17) is 0 Å². The van der Waals surface area contributed by atoms with E-state index in [0.717, 1.165) is 6.04 Å². The van der Waals surface area contributed by atoms with Crippen LogP contribution in [-0.4, -0.2) is 6.04 Å². The molecule has 0 heterocycles. The average Bonchev–Trinajstić information content (AvgIpc) is 2.60. The third-order valence-electron chi connectivity index (χ3n) is 4.48. The van der Waals surface area contributed by atoms with Gasteiger partial charge in [-0.25, -0.2) is 0 Å². The Hall–Kier alpha value is -0.340. The first-order valence-electron chi connectivity index (χ1n) is 7.37. The molecule has 1 nitrogen and oxygen atoms in total. The molecule has 2 aliphatic rings. The predicted molar refractivity (Wildman–Crippen MR) is 79.8 cm³/mol. The van der Waals surface area contributed by atoms with E-state index in [-0.39, 0.29) is 0 Å². The Bertz CT molecular complexity index is 408. The maximum Gasteiger partial charge on any atom is 0.0328 e. The summed E-state index contributed by atoms with van der Waals surface area (Å²) in [7, 11) is 0. The fourth-order valence-corrected chi connectivity index (χ4v) is 3.86. The molecule has 0 aromatic heterocycles. The number of hydrogen-bond donors (Lipinski definition) is 1. The molecule has 0 amide bonds. The molecule has 0 spiro atoms. The molecule has 0 radical (unpaired) electrons. The van der Waals surface area contributed by atoms with Crippen LogP contribution in [0.5, 0.6) is 0 Å². The second kappa shape index (κ2) is 5.75. The summed E-state index contributed by atoms with van der Waals surface area (Å²) in [6.07, 6.45) is 11.0. The van der Waals surface area contributed by atoms with E-state index in [1.165, 1.54) is 61.4 Å². The van der Waals surface area contributed by atoms with Crippen LogP contribution < -0.4 is 5.32 Å². The lowest BCUT2D eigenvalue weighted by Gasteiger charge is -2.22. The van der Waals surface area contributed by atoms with Crippen LogP contribution in [0.2, 0.25) is 0 Å². The van der Waals surface area contributed by atoms with Crippen LogP contribution in [-0.2, 0) is 6.42 Å². The van der Waals surface area contributed by atoms with Crippen molar-refractivity contribution in [3.05, 3.63) is 33.8 Å². The molecular weight excluding hydrogens is 286 g/mol. The highest BCUT2D eigenvalue weighted by atomic mass is 79.9. The normalized spacial score (nSPS) is 24.8. The fourth-order valence-electron chi connectivity index (χ4n) is 3.48. The van der Waals surface area contributed by atoms with E-state index in [1.54, 1.807) is 5.56 Å². The molecule has 2 heteroatoms. The zero-order chi connectivity index (χ0) is 12.4. The number of benzene rings is 1. The Kier molecular flexibility index (Phi) is 4.05. The molecule has 1 aromatic rings. The number of nitrogens with one attached hydrogen (secondary N) is 1. The van der Waals surface area contributed by atoms with Gasteiger partial charge in [0, 0.05) is 16.6 Å². The number of aryl methyl sites for hydroxylation is 1. The molecule has 1 atom stereocenters. The number of rotatable bonds is 2. The molecule has 3 rings (SSSR count). The highest BCUT2D eigenvalue weighted by molar-refractivity contribution is 9.10. The van der Waals surface area contributed by atoms with E-state index < -0.39 is 0 Å².